The molecule has 1 unspecified atom stereocenters. The topological polar surface area (TPSA) is 38.0 Å². The number of rotatable bonds is 5. The van der Waals surface area contributed by atoms with Crippen molar-refractivity contribution in [3.63, 3.8) is 0 Å². The van der Waals surface area contributed by atoms with E-state index < -0.39 is 17.7 Å². The van der Waals surface area contributed by atoms with Crippen molar-refractivity contribution in [2.45, 2.75) is 51.0 Å². The summed E-state index contributed by atoms with van der Waals surface area (Å²) in [7, 11) is 0. The van der Waals surface area contributed by atoms with Gasteiger partial charge < -0.3 is 0 Å². The highest BCUT2D eigenvalue weighted by Gasteiger charge is 2.23. The molecule has 1 fully saturated rings. The molecule has 20 heavy (non-hydrogen) atoms. The van der Waals surface area contributed by atoms with Crippen LogP contribution < -0.4 is 11.3 Å². The Balaban J connectivity index is 2.06. The van der Waals surface area contributed by atoms with Crippen LogP contribution >= 0.6 is 15.9 Å². The van der Waals surface area contributed by atoms with Gasteiger partial charge in [0.25, 0.3) is 0 Å². The maximum Gasteiger partial charge on any atom is 0.145 e. The van der Waals surface area contributed by atoms with E-state index in [2.05, 4.69) is 21.4 Å². The van der Waals surface area contributed by atoms with E-state index in [4.69, 9.17) is 5.84 Å². The lowest BCUT2D eigenvalue weighted by Gasteiger charge is -2.24. The number of nitrogens with two attached hydrogens (primary N) is 1. The molecule has 1 aliphatic rings. The second-order valence-electron chi connectivity index (χ2n) is 5.56. The first kappa shape index (κ1) is 15.9. The highest BCUT2D eigenvalue weighted by molar-refractivity contribution is 9.10. The maximum absolute atomic E-state index is 14.1. The van der Waals surface area contributed by atoms with Gasteiger partial charge in [0, 0.05) is 5.56 Å². The van der Waals surface area contributed by atoms with E-state index in [0.29, 0.717) is 12.3 Å². The lowest BCUT2D eigenvalue weighted by atomic mass is 9.84. The summed E-state index contributed by atoms with van der Waals surface area (Å²) in [5.41, 5.74) is 2.61. The second kappa shape index (κ2) is 7.48. The average Bonchev–Trinajstić information content (AvgIpc) is 2.47. The third-order valence-corrected chi connectivity index (χ3v) is 4.83. The van der Waals surface area contributed by atoms with Gasteiger partial charge >= 0.3 is 0 Å². The van der Waals surface area contributed by atoms with E-state index >= 15 is 0 Å². The van der Waals surface area contributed by atoms with Crippen LogP contribution in [0.1, 0.15) is 56.6 Å². The zero-order valence-electron chi connectivity index (χ0n) is 11.5. The molecule has 3 N–H and O–H groups in total. The van der Waals surface area contributed by atoms with Crippen molar-refractivity contribution in [3.05, 3.63) is 33.8 Å². The van der Waals surface area contributed by atoms with Gasteiger partial charge in [0.15, 0.2) is 0 Å². The molecule has 1 aromatic rings. The Morgan fingerprint density at radius 3 is 2.60 bits per heavy atom. The Hall–Kier alpha value is -0.520. The minimum absolute atomic E-state index is 0.0395. The van der Waals surface area contributed by atoms with Crippen LogP contribution in [-0.4, -0.2) is 0 Å². The van der Waals surface area contributed by atoms with Gasteiger partial charge in [0.05, 0.1) is 10.5 Å². The van der Waals surface area contributed by atoms with E-state index in [1.165, 1.54) is 44.2 Å². The summed E-state index contributed by atoms with van der Waals surface area (Å²) in [6.45, 7) is 0. The van der Waals surface area contributed by atoms with Gasteiger partial charge in [-0.25, -0.2) is 8.78 Å². The Morgan fingerprint density at radius 2 is 1.95 bits per heavy atom. The fraction of sp³-hybridized carbons (Fsp3) is 0.600. The smallest absolute Gasteiger partial charge is 0.145 e. The molecular weight excluding hydrogens is 326 g/mol. The Bertz CT molecular complexity index is 448. The van der Waals surface area contributed by atoms with Crippen LogP contribution in [-0.2, 0) is 0 Å². The monoisotopic (exact) mass is 346 g/mol. The molecule has 0 aliphatic heterocycles. The highest BCUT2D eigenvalue weighted by atomic mass is 79.9. The number of hydrogen-bond acceptors (Lipinski definition) is 2. The lowest BCUT2D eigenvalue weighted by Crippen LogP contribution is -2.30. The molecule has 0 spiro atoms. The maximum atomic E-state index is 14.1. The molecule has 1 aliphatic carbocycles. The van der Waals surface area contributed by atoms with Gasteiger partial charge in [-0.1, -0.05) is 32.1 Å². The number of nitrogens with one attached hydrogen (secondary N) is 1. The zero-order chi connectivity index (χ0) is 14.5. The minimum atomic E-state index is -0.559. The average molecular weight is 347 g/mol. The minimum Gasteiger partial charge on any atom is -0.271 e. The van der Waals surface area contributed by atoms with Gasteiger partial charge in [-0.05, 0) is 46.8 Å². The van der Waals surface area contributed by atoms with E-state index in [9.17, 15) is 8.78 Å². The summed E-state index contributed by atoms with van der Waals surface area (Å²) >= 11 is 3.10. The van der Waals surface area contributed by atoms with Crippen molar-refractivity contribution in [1.29, 1.82) is 0 Å². The molecule has 0 heterocycles. The third-order valence-electron chi connectivity index (χ3n) is 4.22. The molecule has 1 aromatic carbocycles. The van der Waals surface area contributed by atoms with Crippen molar-refractivity contribution in [2.75, 3.05) is 0 Å². The molecule has 1 saturated carbocycles. The summed E-state index contributed by atoms with van der Waals surface area (Å²) in [6, 6.07) is 2.17. The molecule has 5 heteroatoms. The first-order valence-corrected chi connectivity index (χ1v) is 8.02. The van der Waals surface area contributed by atoms with Gasteiger partial charge in [-0.15, -0.1) is 0 Å². The van der Waals surface area contributed by atoms with Gasteiger partial charge in [-0.3, -0.25) is 11.3 Å². The van der Waals surface area contributed by atoms with Gasteiger partial charge in [0.2, 0.25) is 0 Å². The first-order valence-electron chi connectivity index (χ1n) is 7.23. The third kappa shape index (κ3) is 3.77. The summed E-state index contributed by atoms with van der Waals surface area (Å²) in [4.78, 5) is 0. The fourth-order valence-electron chi connectivity index (χ4n) is 3.05. The standard InChI is InChI=1S/C15H21BrF2N2/c16-11-7-8-12(17)14(15(11)18)13(20-19)9-6-10-4-2-1-3-5-10/h7-8,10,13,20H,1-6,9,19H2. The summed E-state index contributed by atoms with van der Waals surface area (Å²) in [6.07, 6.45) is 7.91. The van der Waals surface area contributed by atoms with E-state index in [-0.39, 0.29) is 10.0 Å². The molecule has 0 bridgehead atoms. The molecule has 112 valence electrons. The van der Waals surface area contributed by atoms with E-state index in [0.717, 1.165) is 6.42 Å². The van der Waals surface area contributed by atoms with Crippen molar-refractivity contribution in [2.24, 2.45) is 11.8 Å². The van der Waals surface area contributed by atoms with Crippen molar-refractivity contribution in [3.8, 4) is 0 Å². The quantitative estimate of drug-likeness (QED) is 0.464. The predicted octanol–water partition coefficient (Wildman–Crippen LogP) is 4.59. The van der Waals surface area contributed by atoms with E-state index in [1.807, 2.05) is 0 Å². The van der Waals surface area contributed by atoms with Crippen LogP contribution in [0, 0.1) is 17.6 Å². The SMILES string of the molecule is NNC(CCC1CCCCC1)c1c(F)ccc(Br)c1F. The van der Waals surface area contributed by atoms with Crippen molar-refractivity contribution < 1.29 is 8.78 Å². The van der Waals surface area contributed by atoms with Gasteiger partial charge in [0.1, 0.15) is 11.6 Å². The molecule has 2 rings (SSSR count). The molecular formula is C15H21BrF2N2. The number of hydrogen-bond donors (Lipinski definition) is 2. The van der Waals surface area contributed by atoms with Crippen LogP contribution in [0.4, 0.5) is 8.78 Å². The van der Waals surface area contributed by atoms with Crippen molar-refractivity contribution in [1.82, 2.24) is 5.43 Å². The van der Waals surface area contributed by atoms with E-state index in [1.54, 1.807) is 0 Å². The second-order valence-corrected chi connectivity index (χ2v) is 6.41. The number of benzene rings is 1. The molecule has 0 aromatic heterocycles. The molecule has 0 saturated heterocycles. The van der Waals surface area contributed by atoms with Crippen LogP contribution in [0.5, 0.6) is 0 Å². The Kier molecular flexibility index (Phi) is 5.93. The van der Waals surface area contributed by atoms with Gasteiger partial charge in [-0.2, -0.15) is 0 Å². The van der Waals surface area contributed by atoms with Crippen LogP contribution in [0.25, 0.3) is 0 Å². The fourth-order valence-corrected chi connectivity index (χ4v) is 3.40. The summed E-state index contributed by atoms with van der Waals surface area (Å²) < 4.78 is 28.2. The highest BCUT2D eigenvalue weighted by Crippen LogP contribution is 2.33. The lowest BCUT2D eigenvalue weighted by molar-refractivity contribution is 0.310. The van der Waals surface area contributed by atoms with Crippen LogP contribution in [0.15, 0.2) is 16.6 Å². The molecule has 0 amide bonds. The Labute approximate surface area is 127 Å². The van der Waals surface area contributed by atoms with Crippen molar-refractivity contribution >= 4 is 15.9 Å². The molecule has 2 nitrogen and oxygen atoms in total. The summed E-state index contributed by atoms with van der Waals surface area (Å²) in [5.74, 6) is 5.07. The predicted molar refractivity (Wildman–Crippen MR) is 79.9 cm³/mol. The number of hydrazine groups is 1. The zero-order valence-corrected chi connectivity index (χ0v) is 13.1. The summed E-state index contributed by atoms with van der Waals surface area (Å²) in [5, 5.41) is 0. The first-order chi connectivity index (χ1) is 9.63. The normalized spacial score (nSPS) is 18.2. The van der Waals surface area contributed by atoms with Crippen LogP contribution in [0.3, 0.4) is 0 Å². The molecule has 0 radical (unpaired) electrons. The Morgan fingerprint density at radius 1 is 1.25 bits per heavy atom. The molecule has 1 atom stereocenters. The van der Waals surface area contributed by atoms with Crippen LogP contribution in [0.2, 0.25) is 0 Å². The largest absolute Gasteiger partial charge is 0.271 e. The number of halogens is 3.